The molecule has 1 unspecified atom stereocenters. The van der Waals surface area contributed by atoms with E-state index in [0.29, 0.717) is 5.75 Å². The van der Waals surface area contributed by atoms with Gasteiger partial charge < -0.3 is 4.74 Å². The molecule has 90 valence electrons. The second-order valence-corrected chi connectivity index (χ2v) is 5.77. The number of hydrogen-bond donors (Lipinski definition) is 2. The van der Waals surface area contributed by atoms with E-state index < -0.39 is 15.9 Å². The Bertz CT molecular complexity index is 445. The molecule has 0 heterocycles. The molecule has 0 saturated heterocycles. The smallest absolute Gasteiger partial charge is 0.149 e. The van der Waals surface area contributed by atoms with Gasteiger partial charge in [-0.15, -0.1) is 0 Å². The summed E-state index contributed by atoms with van der Waals surface area (Å²) in [6.07, 6.45) is 1.18. The van der Waals surface area contributed by atoms with Gasteiger partial charge >= 0.3 is 0 Å². The summed E-state index contributed by atoms with van der Waals surface area (Å²) in [5.41, 5.74) is 3.28. The van der Waals surface area contributed by atoms with Gasteiger partial charge in [0.05, 0.1) is 18.9 Å². The van der Waals surface area contributed by atoms with Crippen LogP contribution in [0.4, 0.5) is 0 Å². The van der Waals surface area contributed by atoms with Crippen molar-refractivity contribution < 1.29 is 13.2 Å². The van der Waals surface area contributed by atoms with Crippen LogP contribution in [0, 0.1) is 0 Å². The monoisotopic (exact) mass is 244 g/mol. The highest BCUT2D eigenvalue weighted by molar-refractivity contribution is 7.90. The van der Waals surface area contributed by atoms with E-state index in [1.807, 2.05) is 0 Å². The van der Waals surface area contributed by atoms with Gasteiger partial charge in [0.2, 0.25) is 0 Å². The third-order valence-electron chi connectivity index (χ3n) is 2.17. The molecule has 0 amide bonds. The largest absolute Gasteiger partial charge is 0.497 e. The number of hydrogen-bond acceptors (Lipinski definition) is 5. The molecular formula is C10H16N2O3S. The molecular weight excluding hydrogens is 228 g/mol. The number of hydrazine groups is 1. The van der Waals surface area contributed by atoms with Crippen molar-refractivity contribution in [3.05, 3.63) is 29.8 Å². The molecule has 0 saturated carbocycles. The van der Waals surface area contributed by atoms with E-state index in [2.05, 4.69) is 5.43 Å². The molecule has 0 aliphatic heterocycles. The summed E-state index contributed by atoms with van der Waals surface area (Å²) in [5, 5.41) is 0. The molecule has 0 bridgehead atoms. The molecule has 3 N–H and O–H groups in total. The van der Waals surface area contributed by atoms with Crippen LogP contribution in [0.25, 0.3) is 0 Å². The summed E-state index contributed by atoms with van der Waals surface area (Å²) < 4.78 is 27.5. The van der Waals surface area contributed by atoms with E-state index in [0.717, 1.165) is 5.56 Å². The molecule has 1 aromatic rings. The topological polar surface area (TPSA) is 81.4 Å². The molecule has 0 aromatic heterocycles. The van der Waals surface area contributed by atoms with Crippen LogP contribution < -0.4 is 16.0 Å². The van der Waals surface area contributed by atoms with Crippen molar-refractivity contribution in [2.75, 3.05) is 19.1 Å². The minimum atomic E-state index is -3.09. The van der Waals surface area contributed by atoms with Crippen molar-refractivity contribution >= 4 is 9.84 Å². The van der Waals surface area contributed by atoms with Crippen LogP contribution in [0.5, 0.6) is 5.75 Å². The van der Waals surface area contributed by atoms with Crippen LogP contribution in [0.1, 0.15) is 11.6 Å². The Morgan fingerprint density at radius 2 is 2.19 bits per heavy atom. The quantitative estimate of drug-likeness (QED) is 0.573. The Morgan fingerprint density at radius 3 is 2.69 bits per heavy atom. The van der Waals surface area contributed by atoms with Crippen molar-refractivity contribution in [3.63, 3.8) is 0 Å². The average Bonchev–Trinajstić information content (AvgIpc) is 2.25. The maximum atomic E-state index is 11.2. The number of ether oxygens (including phenoxy) is 1. The fraction of sp³-hybridized carbons (Fsp3) is 0.400. The Morgan fingerprint density at radius 1 is 1.50 bits per heavy atom. The van der Waals surface area contributed by atoms with Gasteiger partial charge in [0.1, 0.15) is 15.6 Å². The first kappa shape index (κ1) is 13.0. The third-order valence-corrected chi connectivity index (χ3v) is 3.11. The highest BCUT2D eigenvalue weighted by Crippen LogP contribution is 2.19. The molecule has 1 aromatic carbocycles. The minimum absolute atomic E-state index is 0.0450. The standard InChI is InChI=1S/C10H16N2O3S/c1-15-9-5-3-4-8(6-9)10(12-11)7-16(2,13)14/h3-6,10,12H,7,11H2,1-2H3. The molecule has 1 rings (SSSR count). The summed E-state index contributed by atoms with van der Waals surface area (Å²) in [6.45, 7) is 0. The average molecular weight is 244 g/mol. The predicted octanol–water partition coefficient (Wildman–Crippen LogP) is 0.244. The van der Waals surface area contributed by atoms with Gasteiger partial charge in [-0.3, -0.25) is 11.3 Å². The Kier molecular flexibility index (Phi) is 4.28. The van der Waals surface area contributed by atoms with E-state index in [-0.39, 0.29) is 5.75 Å². The molecule has 0 aliphatic carbocycles. The zero-order valence-electron chi connectivity index (χ0n) is 9.30. The second kappa shape index (κ2) is 5.29. The van der Waals surface area contributed by atoms with Crippen LogP contribution in [0.15, 0.2) is 24.3 Å². The van der Waals surface area contributed by atoms with Crippen LogP contribution in [-0.4, -0.2) is 27.5 Å². The van der Waals surface area contributed by atoms with E-state index in [1.165, 1.54) is 6.26 Å². The Balaban J connectivity index is 2.94. The maximum absolute atomic E-state index is 11.2. The van der Waals surface area contributed by atoms with Crippen LogP contribution in [-0.2, 0) is 9.84 Å². The zero-order valence-corrected chi connectivity index (χ0v) is 10.1. The molecule has 16 heavy (non-hydrogen) atoms. The van der Waals surface area contributed by atoms with Crippen LogP contribution in [0.2, 0.25) is 0 Å². The fourth-order valence-electron chi connectivity index (χ4n) is 1.40. The van der Waals surface area contributed by atoms with Crippen molar-refractivity contribution in [2.24, 2.45) is 5.84 Å². The molecule has 1 atom stereocenters. The summed E-state index contributed by atoms with van der Waals surface area (Å²) in [5.74, 6) is 5.98. The lowest BCUT2D eigenvalue weighted by Crippen LogP contribution is -2.32. The lowest BCUT2D eigenvalue weighted by molar-refractivity contribution is 0.413. The van der Waals surface area contributed by atoms with E-state index in [4.69, 9.17) is 10.6 Å². The van der Waals surface area contributed by atoms with Gasteiger partial charge in [0.15, 0.2) is 0 Å². The summed E-state index contributed by atoms with van der Waals surface area (Å²) in [7, 11) is -1.53. The second-order valence-electron chi connectivity index (χ2n) is 3.59. The molecule has 0 radical (unpaired) electrons. The number of nitrogens with one attached hydrogen (secondary N) is 1. The number of sulfone groups is 1. The number of benzene rings is 1. The summed E-state index contributed by atoms with van der Waals surface area (Å²) in [4.78, 5) is 0. The first-order valence-corrected chi connectivity index (χ1v) is 6.80. The highest BCUT2D eigenvalue weighted by atomic mass is 32.2. The lowest BCUT2D eigenvalue weighted by Gasteiger charge is -2.15. The highest BCUT2D eigenvalue weighted by Gasteiger charge is 2.16. The van der Waals surface area contributed by atoms with Crippen molar-refractivity contribution in [3.8, 4) is 5.75 Å². The number of nitrogens with two attached hydrogens (primary N) is 1. The predicted molar refractivity (Wildman–Crippen MR) is 62.8 cm³/mol. The zero-order chi connectivity index (χ0) is 12.2. The molecule has 0 fully saturated rings. The SMILES string of the molecule is COc1cccc(C(CS(C)(=O)=O)NN)c1. The Hall–Kier alpha value is -1.11. The third kappa shape index (κ3) is 3.80. The molecule has 6 heteroatoms. The van der Waals surface area contributed by atoms with Crippen molar-refractivity contribution in [2.45, 2.75) is 6.04 Å². The van der Waals surface area contributed by atoms with Gasteiger partial charge in [-0.2, -0.15) is 0 Å². The summed E-state index contributed by atoms with van der Waals surface area (Å²) >= 11 is 0. The maximum Gasteiger partial charge on any atom is 0.149 e. The van der Waals surface area contributed by atoms with Crippen molar-refractivity contribution in [1.82, 2.24) is 5.43 Å². The van der Waals surface area contributed by atoms with Crippen LogP contribution >= 0.6 is 0 Å². The molecule has 0 aliphatic rings. The van der Waals surface area contributed by atoms with Crippen molar-refractivity contribution in [1.29, 1.82) is 0 Å². The first-order chi connectivity index (χ1) is 7.46. The number of rotatable bonds is 5. The van der Waals surface area contributed by atoms with Gasteiger partial charge in [0, 0.05) is 6.26 Å². The molecule has 0 spiro atoms. The number of methoxy groups -OCH3 is 1. The molecule has 5 nitrogen and oxygen atoms in total. The Labute approximate surface area is 95.5 Å². The van der Waals surface area contributed by atoms with Crippen LogP contribution in [0.3, 0.4) is 0 Å². The van der Waals surface area contributed by atoms with Gasteiger partial charge in [-0.25, -0.2) is 8.42 Å². The summed E-state index contributed by atoms with van der Waals surface area (Å²) in [6, 6.07) is 6.72. The fourth-order valence-corrected chi connectivity index (χ4v) is 2.30. The normalized spacial score (nSPS) is 13.4. The van der Waals surface area contributed by atoms with Gasteiger partial charge in [-0.05, 0) is 17.7 Å². The lowest BCUT2D eigenvalue weighted by atomic mass is 10.1. The van der Waals surface area contributed by atoms with Gasteiger partial charge in [-0.1, -0.05) is 12.1 Å². The first-order valence-electron chi connectivity index (χ1n) is 4.74. The van der Waals surface area contributed by atoms with E-state index >= 15 is 0 Å². The minimum Gasteiger partial charge on any atom is -0.497 e. The van der Waals surface area contributed by atoms with Gasteiger partial charge in [0.25, 0.3) is 0 Å². The van der Waals surface area contributed by atoms with E-state index in [9.17, 15) is 8.42 Å². The van der Waals surface area contributed by atoms with E-state index in [1.54, 1.807) is 31.4 Å².